The van der Waals surface area contributed by atoms with Gasteiger partial charge in [0.15, 0.2) is 0 Å². The Morgan fingerprint density at radius 1 is 0.958 bits per heavy atom. The third-order valence-corrected chi connectivity index (χ3v) is 8.28. The summed E-state index contributed by atoms with van der Waals surface area (Å²) < 4.78 is 6.77. The SMILES string of the molecule is CC(Cc1ccc(-n2ccc(NC(=O)N3CCN(C(=O)C(C)(C)NC(=O)O)CC3)nc2=O)cc1)N[C@H]1CC[C@H](NC(=O)OC(C)(C)C)C1. The molecule has 0 radical (unpaired) electrons. The molecule has 3 atom stereocenters. The summed E-state index contributed by atoms with van der Waals surface area (Å²) in [6.45, 7) is 11.6. The van der Waals surface area contributed by atoms with E-state index in [4.69, 9.17) is 9.84 Å². The van der Waals surface area contributed by atoms with E-state index in [2.05, 4.69) is 33.2 Å². The maximum absolute atomic E-state index is 12.9. The predicted octanol–water partition coefficient (Wildman–Crippen LogP) is 2.92. The summed E-state index contributed by atoms with van der Waals surface area (Å²) in [4.78, 5) is 68.6. The standard InChI is InChI=1S/C33H48N8O7/c1-21(34-23-9-10-24(20-23)35-31(47)48-32(2,3)4)19-22-7-11-25(12-8-22)41-14-13-26(37-29(41)44)36-28(43)40-17-15-39(16-18-40)27(42)33(5,6)38-30(45)46/h7-8,11-14,21,23-24,34,38H,9-10,15-20H2,1-6H3,(H,35,47)(H,45,46)(H,36,37,43,44)/t21?,23-,24-/m0/s1. The molecule has 0 bridgehead atoms. The van der Waals surface area contributed by atoms with Gasteiger partial charge in [0.05, 0.1) is 5.69 Å². The number of hydrogen-bond acceptors (Lipinski definition) is 8. The molecule has 15 nitrogen and oxygen atoms in total. The molecule has 262 valence electrons. The summed E-state index contributed by atoms with van der Waals surface area (Å²) in [6, 6.07) is 9.35. The number of carboxylic acid groups (broad SMARTS) is 1. The average molecular weight is 669 g/mol. The third-order valence-electron chi connectivity index (χ3n) is 8.28. The number of aromatic nitrogens is 2. The Kier molecular flexibility index (Phi) is 11.3. The minimum absolute atomic E-state index is 0.0898. The van der Waals surface area contributed by atoms with Crippen LogP contribution in [-0.4, -0.2) is 104 Å². The van der Waals surface area contributed by atoms with Crippen LogP contribution in [0.3, 0.4) is 0 Å². The highest BCUT2D eigenvalue weighted by atomic mass is 16.6. The minimum atomic E-state index is -1.29. The second kappa shape index (κ2) is 15.0. The number of anilines is 1. The molecular formula is C33H48N8O7. The summed E-state index contributed by atoms with van der Waals surface area (Å²) in [7, 11) is 0. The van der Waals surface area contributed by atoms with Gasteiger partial charge in [0.25, 0.3) is 0 Å². The molecule has 0 spiro atoms. The summed E-state index contributed by atoms with van der Waals surface area (Å²) in [6.07, 6.45) is 3.40. The quantitative estimate of drug-likeness (QED) is 0.268. The maximum atomic E-state index is 12.9. The fraction of sp³-hybridized carbons (Fsp3) is 0.576. The van der Waals surface area contributed by atoms with Crippen LogP contribution in [0, 0.1) is 0 Å². The van der Waals surface area contributed by atoms with E-state index in [1.54, 1.807) is 12.3 Å². The lowest BCUT2D eigenvalue weighted by Crippen LogP contribution is -2.60. The molecule has 5 N–H and O–H groups in total. The van der Waals surface area contributed by atoms with Crippen LogP contribution in [0.15, 0.2) is 41.3 Å². The number of amides is 5. The zero-order chi connectivity index (χ0) is 35.2. The molecule has 4 rings (SSSR count). The number of carbonyl (C=O) groups excluding carboxylic acids is 3. The van der Waals surface area contributed by atoms with Crippen LogP contribution < -0.4 is 27.0 Å². The van der Waals surface area contributed by atoms with Gasteiger partial charge in [-0.3, -0.25) is 14.7 Å². The van der Waals surface area contributed by atoms with Gasteiger partial charge < -0.3 is 35.6 Å². The van der Waals surface area contributed by atoms with Crippen molar-refractivity contribution in [3.8, 4) is 5.69 Å². The molecule has 2 heterocycles. The molecule has 1 aromatic carbocycles. The Morgan fingerprint density at radius 3 is 2.19 bits per heavy atom. The summed E-state index contributed by atoms with van der Waals surface area (Å²) in [5.41, 5.74) is -0.612. The van der Waals surface area contributed by atoms with Crippen molar-refractivity contribution < 1.29 is 29.0 Å². The zero-order valence-corrected chi connectivity index (χ0v) is 28.5. The monoisotopic (exact) mass is 668 g/mol. The molecule has 1 saturated carbocycles. The van der Waals surface area contributed by atoms with E-state index in [0.29, 0.717) is 11.7 Å². The number of rotatable bonds is 9. The highest BCUT2D eigenvalue weighted by Crippen LogP contribution is 2.21. The van der Waals surface area contributed by atoms with Crippen LogP contribution in [0.4, 0.5) is 20.2 Å². The summed E-state index contributed by atoms with van der Waals surface area (Å²) >= 11 is 0. The highest BCUT2D eigenvalue weighted by molar-refractivity contribution is 5.90. The Morgan fingerprint density at radius 2 is 1.58 bits per heavy atom. The number of piperazine rings is 1. The second-order valence-corrected chi connectivity index (χ2v) is 14.0. The molecule has 15 heteroatoms. The number of hydrogen-bond donors (Lipinski definition) is 5. The largest absolute Gasteiger partial charge is 0.465 e. The van der Waals surface area contributed by atoms with Crippen molar-refractivity contribution in [2.24, 2.45) is 0 Å². The number of urea groups is 1. The fourth-order valence-electron chi connectivity index (χ4n) is 6.03. The van der Waals surface area contributed by atoms with Gasteiger partial charge in [-0.1, -0.05) is 12.1 Å². The lowest BCUT2D eigenvalue weighted by Gasteiger charge is -2.38. The van der Waals surface area contributed by atoms with E-state index in [9.17, 15) is 24.0 Å². The molecular weight excluding hydrogens is 620 g/mol. The molecule has 1 aliphatic heterocycles. The molecule has 1 saturated heterocycles. The van der Waals surface area contributed by atoms with E-state index < -0.39 is 29.0 Å². The molecule has 2 fully saturated rings. The number of ether oxygens (including phenoxy) is 1. The molecule has 2 aliphatic rings. The molecule has 2 aromatic rings. The normalized spacial score (nSPS) is 19.0. The van der Waals surface area contributed by atoms with Gasteiger partial charge in [0, 0.05) is 50.5 Å². The van der Waals surface area contributed by atoms with Gasteiger partial charge in [-0.25, -0.2) is 19.2 Å². The summed E-state index contributed by atoms with van der Waals surface area (Å²) in [5.74, 6) is -0.263. The van der Waals surface area contributed by atoms with Gasteiger partial charge in [0.2, 0.25) is 5.91 Å². The first kappa shape index (κ1) is 36.2. The highest BCUT2D eigenvalue weighted by Gasteiger charge is 2.36. The maximum Gasteiger partial charge on any atom is 0.407 e. The minimum Gasteiger partial charge on any atom is -0.465 e. The van der Waals surface area contributed by atoms with Gasteiger partial charge in [0.1, 0.15) is 17.0 Å². The van der Waals surface area contributed by atoms with Crippen molar-refractivity contribution >= 4 is 29.9 Å². The first-order valence-corrected chi connectivity index (χ1v) is 16.3. The molecule has 1 unspecified atom stereocenters. The van der Waals surface area contributed by atoms with Crippen molar-refractivity contribution in [3.05, 3.63) is 52.6 Å². The van der Waals surface area contributed by atoms with Crippen LogP contribution >= 0.6 is 0 Å². The van der Waals surface area contributed by atoms with E-state index in [-0.39, 0.29) is 56.1 Å². The van der Waals surface area contributed by atoms with Crippen molar-refractivity contribution in [2.75, 3.05) is 31.5 Å². The predicted molar refractivity (Wildman–Crippen MR) is 179 cm³/mol. The van der Waals surface area contributed by atoms with Crippen molar-refractivity contribution in [1.82, 2.24) is 35.3 Å². The molecule has 48 heavy (non-hydrogen) atoms. The van der Waals surface area contributed by atoms with Gasteiger partial charge in [-0.05, 0) is 91.0 Å². The number of alkyl carbamates (subject to hydrolysis) is 1. The van der Waals surface area contributed by atoms with Gasteiger partial charge >= 0.3 is 23.9 Å². The lowest BCUT2D eigenvalue weighted by atomic mass is 10.0. The van der Waals surface area contributed by atoms with Crippen molar-refractivity contribution in [3.63, 3.8) is 0 Å². The van der Waals surface area contributed by atoms with E-state index in [1.165, 1.54) is 28.2 Å². The van der Waals surface area contributed by atoms with Crippen molar-refractivity contribution in [1.29, 1.82) is 0 Å². The van der Waals surface area contributed by atoms with E-state index in [1.807, 2.05) is 45.0 Å². The van der Waals surface area contributed by atoms with Gasteiger partial charge in [-0.2, -0.15) is 4.98 Å². The average Bonchev–Trinajstić information content (AvgIpc) is 3.41. The second-order valence-electron chi connectivity index (χ2n) is 14.0. The third kappa shape index (κ3) is 10.2. The lowest BCUT2D eigenvalue weighted by molar-refractivity contribution is -0.138. The number of nitrogens with zero attached hydrogens (tertiary/aromatic N) is 4. The van der Waals surface area contributed by atoms with Crippen LogP contribution in [0.25, 0.3) is 5.69 Å². The first-order chi connectivity index (χ1) is 22.5. The first-order valence-electron chi connectivity index (χ1n) is 16.3. The molecule has 1 aliphatic carbocycles. The van der Waals surface area contributed by atoms with Crippen LogP contribution in [-0.2, 0) is 16.0 Å². The van der Waals surface area contributed by atoms with E-state index >= 15 is 0 Å². The van der Waals surface area contributed by atoms with Crippen LogP contribution in [0.1, 0.15) is 66.4 Å². The Labute approximate surface area is 280 Å². The van der Waals surface area contributed by atoms with Gasteiger partial charge in [-0.15, -0.1) is 0 Å². The summed E-state index contributed by atoms with van der Waals surface area (Å²) in [5, 5.41) is 20.5. The Bertz CT molecular complexity index is 1530. The smallest absolute Gasteiger partial charge is 0.407 e. The number of carbonyl (C=O) groups is 4. The van der Waals surface area contributed by atoms with Crippen LogP contribution in [0.2, 0.25) is 0 Å². The molecule has 5 amide bonds. The Balaban J connectivity index is 1.24. The Hall–Kier alpha value is -4.66. The number of nitrogens with one attached hydrogen (secondary N) is 4. The van der Waals surface area contributed by atoms with Crippen LogP contribution in [0.5, 0.6) is 0 Å². The topological polar surface area (TPSA) is 187 Å². The molecule has 1 aromatic heterocycles. The zero-order valence-electron chi connectivity index (χ0n) is 28.5. The van der Waals surface area contributed by atoms with E-state index in [0.717, 1.165) is 31.2 Å². The fourth-order valence-corrected chi connectivity index (χ4v) is 6.03. The van der Waals surface area contributed by atoms with Crippen molar-refractivity contribution in [2.45, 2.75) is 96.5 Å². The number of benzene rings is 1.